The summed E-state index contributed by atoms with van der Waals surface area (Å²) in [6.45, 7) is -0.628. The summed E-state index contributed by atoms with van der Waals surface area (Å²) in [4.78, 5) is 37.3. The highest BCUT2D eigenvalue weighted by Gasteiger charge is 2.56. The maximum Gasteiger partial charge on any atom is 0.263 e. The van der Waals surface area contributed by atoms with Gasteiger partial charge in [0.1, 0.15) is 18.0 Å². The lowest BCUT2D eigenvalue weighted by molar-refractivity contribution is -0.123. The number of anilines is 2. The van der Waals surface area contributed by atoms with E-state index in [9.17, 15) is 36.3 Å². The molecule has 1 N–H and O–H groups in total. The van der Waals surface area contributed by atoms with Crippen LogP contribution >= 0.6 is 0 Å². The average molecular weight is 439 g/mol. The third-order valence-electron chi connectivity index (χ3n) is 4.58. The van der Waals surface area contributed by atoms with E-state index >= 15 is 0 Å². The number of amides is 3. The zero-order valence-corrected chi connectivity index (χ0v) is 15.2. The second-order valence-corrected chi connectivity index (χ2v) is 6.58. The van der Waals surface area contributed by atoms with Crippen molar-refractivity contribution < 1.29 is 36.3 Å². The van der Waals surface area contributed by atoms with Crippen LogP contribution in [-0.4, -0.2) is 41.4 Å². The van der Waals surface area contributed by atoms with Crippen LogP contribution in [0.15, 0.2) is 40.7 Å². The highest BCUT2D eigenvalue weighted by molar-refractivity contribution is 6.25. The van der Waals surface area contributed by atoms with Crippen LogP contribution in [0.3, 0.4) is 0 Å². The summed E-state index contributed by atoms with van der Waals surface area (Å²) in [7, 11) is 0. The number of benzene rings is 2. The van der Waals surface area contributed by atoms with Crippen molar-refractivity contribution in [3.63, 3.8) is 0 Å². The lowest BCUT2D eigenvalue weighted by atomic mass is 10.1. The first-order chi connectivity index (χ1) is 14.7. The zero-order chi connectivity index (χ0) is 22.4. The Balaban J connectivity index is 1.57. The summed E-state index contributed by atoms with van der Waals surface area (Å²) in [5.74, 6) is -11.4. The van der Waals surface area contributed by atoms with Gasteiger partial charge in [-0.25, -0.2) is 26.9 Å². The van der Waals surface area contributed by atoms with Crippen molar-refractivity contribution in [2.75, 3.05) is 16.8 Å². The van der Waals surface area contributed by atoms with E-state index in [1.54, 1.807) is 0 Å². The lowest BCUT2D eigenvalue weighted by Crippen LogP contribution is -2.43. The van der Waals surface area contributed by atoms with Crippen molar-refractivity contribution >= 4 is 29.1 Å². The van der Waals surface area contributed by atoms with Crippen LogP contribution in [0.4, 0.5) is 33.3 Å². The standard InChI is InChI=1S/C18H10F5N5O3/c19-7-2-1-3-8(4-7)24-11(29)6-27-16-14(25-26-27)17(30)28(18(16)31)15-12(22)9(20)5-10(21)13(15)23/h1-5,14,16H,6H2,(H,24,29)/t14-,16-/m0/s1. The van der Waals surface area contributed by atoms with Crippen molar-refractivity contribution in [2.45, 2.75) is 12.1 Å². The smallest absolute Gasteiger partial charge is 0.263 e. The molecule has 0 saturated carbocycles. The number of carbonyl (C=O) groups is 3. The second kappa shape index (κ2) is 7.41. The summed E-state index contributed by atoms with van der Waals surface area (Å²) >= 11 is 0. The van der Waals surface area contributed by atoms with Gasteiger partial charge in [0.05, 0.1) is 0 Å². The molecule has 160 valence electrons. The fourth-order valence-electron chi connectivity index (χ4n) is 3.24. The molecule has 2 heterocycles. The molecule has 2 aromatic rings. The maximum atomic E-state index is 14.1. The highest BCUT2D eigenvalue weighted by Crippen LogP contribution is 2.36. The fourth-order valence-corrected chi connectivity index (χ4v) is 3.24. The van der Waals surface area contributed by atoms with Crippen molar-refractivity contribution in [3.05, 3.63) is 59.4 Å². The summed E-state index contributed by atoms with van der Waals surface area (Å²) in [6, 6.07) is 1.72. The van der Waals surface area contributed by atoms with Crippen molar-refractivity contribution in [2.24, 2.45) is 10.3 Å². The topological polar surface area (TPSA) is 94.4 Å². The molecule has 0 unspecified atom stereocenters. The molecule has 2 aromatic carbocycles. The minimum absolute atomic E-state index is 0.0538. The van der Waals surface area contributed by atoms with Crippen LogP contribution in [-0.2, 0) is 14.4 Å². The van der Waals surface area contributed by atoms with Crippen LogP contribution in [0.2, 0.25) is 0 Å². The van der Waals surface area contributed by atoms with Gasteiger partial charge in [0, 0.05) is 11.8 Å². The summed E-state index contributed by atoms with van der Waals surface area (Å²) in [5, 5.41) is 10.2. The Morgan fingerprint density at radius 1 is 1.00 bits per heavy atom. The Hall–Kier alpha value is -3.90. The van der Waals surface area contributed by atoms with Gasteiger partial charge < -0.3 is 5.32 Å². The van der Waals surface area contributed by atoms with E-state index < -0.39 is 71.1 Å². The summed E-state index contributed by atoms with van der Waals surface area (Å²) in [6.07, 6.45) is 0. The van der Waals surface area contributed by atoms with E-state index in [-0.39, 0.29) is 16.7 Å². The van der Waals surface area contributed by atoms with E-state index in [4.69, 9.17) is 0 Å². The van der Waals surface area contributed by atoms with Crippen LogP contribution in [0.25, 0.3) is 0 Å². The Labute approximate surface area is 169 Å². The van der Waals surface area contributed by atoms with Gasteiger partial charge in [0.2, 0.25) is 5.91 Å². The van der Waals surface area contributed by atoms with Gasteiger partial charge in [-0.2, -0.15) is 5.11 Å². The Kier molecular flexibility index (Phi) is 4.87. The minimum atomic E-state index is -1.94. The van der Waals surface area contributed by atoms with Gasteiger partial charge in [-0.3, -0.25) is 19.4 Å². The minimum Gasteiger partial charge on any atom is -0.324 e. The number of imide groups is 1. The molecular weight excluding hydrogens is 429 g/mol. The maximum absolute atomic E-state index is 14.1. The van der Waals surface area contributed by atoms with Crippen LogP contribution < -0.4 is 10.2 Å². The molecule has 0 radical (unpaired) electrons. The number of rotatable bonds is 4. The number of nitrogens with zero attached hydrogens (tertiary/aromatic N) is 4. The van der Waals surface area contributed by atoms with Crippen LogP contribution in [0.5, 0.6) is 0 Å². The molecule has 4 rings (SSSR count). The number of hydrogen-bond acceptors (Lipinski definition) is 6. The lowest BCUT2D eigenvalue weighted by Gasteiger charge is -2.21. The highest BCUT2D eigenvalue weighted by atomic mass is 19.2. The van der Waals surface area contributed by atoms with Gasteiger partial charge in [-0.15, -0.1) is 0 Å². The van der Waals surface area contributed by atoms with E-state index in [0.717, 1.165) is 17.1 Å². The molecule has 1 saturated heterocycles. The molecule has 2 atom stereocenters. The largest absolute Gasteiger partial charge is 0.324 e. The third kappa shape index (κ3) is 3.37. The van der Waals surface area contributed by atoms with Crippen LogP contribution in [0.1, 0.15) is 0 Å². The zero-order valence-electron chi connectivity index (χ0n) is 15.2. The molecule has 1 fully saturated rings. The molecule has 0 aliphatic carbocycles. The van der Waals surface area contributed by atoms with Crippen molar-refractivity contribution in [1.29, 1.82) is 0 Å². The number of hydrogen-bond donors (Lipinski definition) is 1. The predicted molar refractivity (Wildman–Crippen MR) is 92.9 cm³/mol. The molecule has 8 nitrogen and oxygen atoms in total. The molecule has 0 aromatic heterocycles. The van der Waals surface area contributed by atoms with Gasteiger partial charge in [-0.05, 0) is 18.2 Å². The quantitative estimate of drug-likeness (QED) is 0.450. The number of halogens is 5. The average Bonchev–Trinajstić information content (AvgIpc) is 3.21. The monoisotopic (exact) mass is 439 g/mol. The summed E-state index contributed by atoms with van der Waals surface area (Å²) in [5.41, 5.74) is -1.41. The van der Waals surface area contributed by atoms with Gasteiger partial charge in [-0.1, -0.05) is 11.3 Å². The normalized spacial score (nSPS) is 19.9. The first-order valence-corrected chi connectivity index (χ1v) is 8.62. The Bertz CT molecular complexity index is 1130. The second-order valence-electron chi connectivity index (χ2n) is 6.58. The number of nitrogens with one attached hydrogen (secondary N) is 1. The van der Waals surface area contributed by atoms with E-state index in [2.05, 4.69) is 15.7 Å². The fraction of sp³-hybridized carbons (Fsp3) is 0.167. The molecule has 13 heteroatoms. The van der Waals surface area contributed by atoms with Gasteiger partial charge in [0.25, 0.3) is 11.8 Å². The first-order valence-electron chi connectivity index (χ1n) is 8.62. The van der Waals surface area contributed by atoms with Crippen LogP contribution in [0, 0.1) is 29.1 Å². The number of carbonyl (C=O) groups excluding carboxylic acids is 3. The van der Waals surface area contributed by atoms with Crippen molar-refractivity contribution in [3.8, 4) is 0 Å². The van der Waals surface area contributed by atoms with E-state index in [1.165, 1.54) is 12.1 Å². The molecule has 31 heavy (non-hydrogen) atoms. The van der Waals surface area contributed by atoms with Gasteiger partial charge in [0.15, 0.2) is 35.4 Å². The third-order valence-corrected chi connectivity index (χ3v) is 4.58. The predicted octanol–water partition coefficient (Wildman–Crippen LogP) is 2.31. The summed E-state index contributed by atoms with van der Waals surface area (Å²) < 4.78 is 68.5. The molecule has 3 amide bonds. The Morgan fingerprint density at radius 2 is 1.68 bits per heavy atom. The molecule has 0 bridgehead atoms. The molecule has 0 spiro atoms. The van der Waals surface area contributed by atoms with E-state index in [0.29, 0.717) is 0 Å². The van der Waals surface area contributed by atoms with Gasteiger partial charge >= 0.3 is 0 Å². The molecular formula is C18H10F5N5O3. The van der Waals surface area contributed by atoms with Crippen molar-refractivity contribution in [1.82, 2.24) is 5.01 Å². The first kappa shape index (κ1) is 20.4. The SMILES string of the molecule is O=C(CN1N=N[C@@H]2C(=O)N(c3c(F)c(F)cc(F)c3F)C(=O)[C@H]21)Nc1cccc(F)c1. The molecule has 2 aliphatic heterocycles. The Morgan fingerprint density at radius 3 is 2.32 bits per heavy atom. The van der Waals surface area contributed by atoms with E-state index in [1.807, 2.05) is 0 Å². The molecule has 2 aliphatic rings. The number of fused-ring (bicyclic) bond motifs is 1.